The van der Waals surface area contributed by atoms with Gasteiger partial charge in [0.1, 0.15) is 5.82 Å². The SMILES string of the molecule is Cc1ccc(F)cc1C(=O)N1CC(C)CC(N)C1. The van der Waals surface area contributed by atoms with Gasteiger partial charge in [-0.25, -0.2) is 4.39 Å². The largest absolute Gasteiger partial charge is 0.337 e. The third kappa shape index (κ3) is 2.70. The molecule has 1 aromatic carbocycles. The maximum Gasteiger partial charge on any atom is 0.254 e. The first-order valence-corrected chi connectivity index (χ1v) is 6.28. The molecule has 1 aliphatic rings. The van der Waals surface area contributed by atoms with E-state index in [4.69, 9.17) is 5.73 Å². The number of carbonyl (C=O) groups excluding carboxylic acids is 1. The Morgan fingerprint density at radius 2 is 2.17 bits per heavy atom. The molecule has 18 heavy (non-hydrogen) atoms. The molecule has 0 saturated carbocycles. The van der Waals surface area contributed by atoms with E-state index >= 15 is 0 Å². The number of rotatable bonds is 1. The zero-order valence-electron chi connectivity index (χ0n) is 10.8. The average Bonchev–Trinajstić information content (AvgIpc) is 2.30. The molecular formula is C14H19FN2O. The summed E-state index contributed by atoms with van der Waals surface area (Å²) in [7, 11) is 0. The molecule has 3 nitrogen and oxygen atoms in total. The van der Waals surface area contributed by atoms with Crippen molar-refractivity contribution < 1.29 is 9.18 Å². The lowest BCUT2D eigenvalue weighted by molar-refractivity contribution is 0.0659. The molecule has 0 bridgehead atoms. The van der Waals surface area contributed by atoms with Crippen LogP contribution in [0.25, 0.3) is 0 Å². The van der Waals surface area contributed by atoms with Gasteiger partial charge in [-0.2, -0.15) is 0 Å². The molecule has 1 fully saturated rings. The second-order valence-corrected chi connectivity index (χ2v) is 5.27. The topological polar surface area (TPSA) is 46.3 Å². The Hall–Kier alpha value is -1.42. The Morgan fingerprint density at radius 3 is 2.83 bits per heavy atom. The number of halogens is 1. The fourth-order valence-corrected chi connectivity index (χ4v) is 2.56. The second-order valence-electron chi connectivity index (χ2n) is 5.27. The predicted octanol–water partition coefficient (Wildman–Crippen LogP) is 1.94. The van der Waals surface area contributed by atoms with Crippen molar-refractivity contribution in [2.24, 2.45) is 11.7 Å². The van der Waals surface area contributed by atoms with Crippen LogP contribution in [0.2, 0.25) is 0 Å². The lowest BCUT2D eigenvalue weighted by Gasteiger charge is -2.35. The van der Waals surface area contributed by atoms with Crippen LogP contribution in [0.1, 0.15) is 29.3 Å². The summed E-state index contributed by atoms with van der Waals surface area (Å²) in [6, 6.07) is 4.33. The summed E-state index contributed by atoms with van der Waals surface area (Å²) in [4.78, 5) is 14.1. The lowest BCUT2D eigenvalue weighted by atomic mass is 9.95. The fourth-order valence-electron chi connectivity index (χ4n) is 2.56. The molecule has 98 valence electrons. The highest BCUT2D eigenvalue weighted by Gasteiger charge is 2.27. The van der Waals surface area contributed by atoms with E-state index < -0.39 is 0 Å². The minimum absolute atomic E-state index is 0.0200. The number of carbonyl (C=O) groups is 1. The molecule has 1 saturated heterocycles. The van der Waals surface area contributed by atoms with Crippen LogP contribution >= 0.6 is 0 Å². The van der Waals surface area contributed by atoms with Gasteiger partial charge in [-0.3, -0.25) is 4.79 Å². The van der Waals surface area contributed by atoms with Crippen molar-refractivity contribution >= 4 is 5.91 Å². The molecule has 2 rings (SSSR count). The number of amides is 1. The van der Waals surface area contributed by atoms with E-state index in [1.165, 1.54) is 12.1 Å². The van der Waals surface area contributed by atoms with Crippen molar-refractivity contribution in [3.05, 3.63) is 35.1 Å². The maximum absolute atomic E-state index is 13.2. The number of piperidine rings is 1. The van der Waals surface area contributed by atoms with E-state index in [9.17, 15) is 9.18 Å². The van der Waals surface area contributed by atoms with Gasteiger partial charge in [0.15, 0.2) is 0 Å². The van der Waals surface area contributed by atoms with Gasteiger partial charge in [-0.1, -0.05) is 13.0 Å². The monoisotopic (exact) mass is 250 g/mol. The van der Waals surface area contributed by atoms with Gasteiger partial charge in [-0.15, -0.1) is 0 Å². The highest BCUT2D eigenvalue weighted by atomic mass is 19.1. The van der Waals surface area contributed by atoms with E-state index in [1.54, 1.807) is 11.0 Å². The van der Waals surface area contributed by atoms with Gasteiger partial charge < -0.3 is 10.6 Å². The Balaban J connectivity index is 2.22. The van der Waals surface area contributed by atoms with Crippen molar-refractivity contribution in [2.45, 2.75) is 26.3 Å². The first-order valence-electron chi connectivity index (χ1n) is 6.28. The van der Waals surface area contributed by atoms with Gasteiger partial charge in [-0.05, 0) is 37.0 Å². The van der Waals surface area contributed by atoms with Crippen molar-refractivity contribution in [1.82, 2.24) is 4.90 Å². The Morgan fingerprint density at radius 1 is 1.44 bits per heavy atom. The smallest absolute Gasteiger partial charge is 0.254 e. The Labute approximate surface area is 107 Å². The molecular weight excluding hydrogens is 231 g/mol. The molecule has 0 aromatic heterocycles. The van der Waals surface area contributed by atoms with E-state index in [0.29, 0.717) is 24.6 Å². The normalized spacial score (nSPS) is 24.1. The lowest BCUT2D eigenvalue weighted by Crippen LogP contribution is -2.49. The fraction of sp³-hybridized carbons (Fsp3) is 0.500. The molecule has 0 spiro atoms. The molecule has 0 radical (unpaired) electrons. The Bertz CT molecular complexity index is 451. The van der Waals surface area contributed by atoms with Crippen molar-refractivity contribution in [3.63, 3.8) is 0 Å². The summed E-state index contributed by atoms with van der Waals surface area (Å²) in [5.41, 5.74) is 7.17. The standard InChI is InChI=1S/C14H19FN2O/c1-9-5-12(16)8-17(7-9)14(18)13-6-11(15)4-3-10(13)2/h3-4,6,9,12H,5,7-8,16H2,1-2H3. The molecule has 0 aliphatic carbocycles. The Kier molecular flexibility index (Phi) is 3.66. The zero-order valence-corrected chi connectivity index (χ0v) is 10.8. The van der Waals surface area contributed by atoms with Crippen LogP contribution in [-0.2, 0) is 0 Å². The molecule has 1 amide bonds. The van der Waals surface area contributed by atoms with Crippen LogP contribution < -0.4 is 5.73 Å². The van der Waals surface area contributed by atoms with Crippen molar-refractivity contribution in [2.75, 3.05) is 13.1 Å². The average molecular weight is 250 g/mol. The van der Waals surface area contributed by atoms with Gasteiger partial charge in [0.05, 0.1) is 0 Å². The van der Waals surface area contributed by atoms with E-state index in [0.717, 1.165) is 12.0 Å². The van der Waals surface area contributed by atoms with Crippen LogP contribution in [-0.4, -0.2) is 29.9 Å². The van der Waals surface area contributed by atoms with Gasteiger partial charge in [0.2, 0.25) is 0 Å². The number of nitrogens with two attached hydrogens (primary N) is 1. The summed E-state index contributed by atoms with van der Waals surface area (Å²) in [5.74, 6) is -0.0983. The highest BCUT2D eigenvalue weighted by molar-refractivity contribution is 5.95. The van der Waals surface area contributed by atoms with Crippen LogP contribution in [0, 0.1) is 18.7 Å². The van der Waals surface area contributed by atoms with Gasteiger partial charge in [0, 0.05) is 24.7 Å². The second kappa shape index (κ2) is 5.06. The number of benzene rings is 1. The molecule has 1 aromatic rings. The van der Waals surface area contributed by atoms with Crippen molar-refractivity contribution in [1.29, 1.82) is 0 Å². The quantitative estimate of drug-likeness (QED) is 0.828. The van der Waals surface area contributed by atoms with Crippen LogP contribution in [0.5, 0.6) is 0 Å². The number of aryl methyl sites for hydroxylation is 1. The molecule has 1 aliphatic heterocycles. The summed E-state index contributed by atoms with van der Waals surface area (Å²) in [6.07, 6.45) is 0.936. The molecule has 2 N–H and O–H groups in total. The first-order chi connectivity index (χ1) is 8.47. The van der Waals surface area contributed by atoms with Gasteiger partial charge in [0.25, 0.3) is 5.91 Å². The molecule has 2 atom stereocenters. The molecule has 1 heterocycles. The highest BCUT2D eigenvalue weighted by Crippen LogP contribution is 2.19. The summed E-state index contributed by atoms with van der Waals surface area (Å²) in [6.45, 7) is 5.15. The predicted molar refractivity (Wildman–Crippen MR) is 68.8 cm³/mol. The van der Waals surface area contributed by atoms with E-state index in [-0.39, 0.29) is 17.8 Å². The van der Waals surface area contributed by atoms with E-state index in [2.05, 4.69) is 6.92 Å². The van der Waals surface area contributed by atoms with Crippen molar-refractivity contribution in [3.8, 4) is 0 Å². The molecule has 4 heteroatoms. The number of nitrogens with zero attached hydrogens (tertiary/aromatic N) is 1. The minimum Gasteiger partial charge on any atom is -0.337 e. The first kappa shape index (κ1) is 13.0. The van der Waals surface area contributed by atoms with E-state index in [1.807, 2.05) is 6.92 Å². The maximum atomic E-state index is 13.2. The van der Waals surface area contributed by atoms with Gasteiger partial charge >= 0.3 is 0 Å². The minimum atomic E-state index is -0.377. The number of likely N-dealkylation sites (tertiary alicyclic amines) is 1. The number of hydrogen-bond acceptors (Lipinski definition) is 2. The summed E-state index contributed by atoms with van der Waals surface area (Å²) >= 11 is 0. The third-order valence-corrected chi connectivity index (χ3v) is 3.41. The summed E-state index contributed by atoms with van der Waals surface area (Å²) in [5, 5.41) is 0. The van der Waals surface area contributed by atoms with Crippen LogP contribution in [0.4, 0.5) is 4.39 Å². The number of hydrogen-bond donors (Lipinski definition) is 1. The van der Waals surface area contributed by atoms with Crippen LogP contribution in [0.15, 0.2) is 18.2 Å². The zero-order chi connectivity index (χ0) is 13.3. The molecule has 2 unspecified atom stereocenters. The van der Waals surface area contributed by atoms with Crippen LogP contribution in [0.3, 0.4) is 0 Å². The summed E-state index contributed by atoms with van der Waals surface area (Å²) < 4.78 is 13.2. The third-order valence-electron chi connectivity index (χ3n) is 3.41.